The minimum Gasteiger partial charge on any atom is -0.331 e. The van der Waals surface area contributed by atoms with Crippen molar-refractivity contribution in [3.8, 4) is 5.69 Å². The Morgan fingerprint density at radius 1 is 1.00 bits per heavy atom. The monoisotopic (exact) mass is 475 g/mol. The number of rotatable bonds is 4. The predicted molar refractivity (Wildman–Crippen MR) is 130 cm³/mol. The van der Waals surface area contributed by atoms with E-state index in [0.717, 1.165) is 5.56 Å². The predicted octanol–water partition coefficient (Wildman–Crippen LogP) is 4.10. The van der Waals surface area contributed by atoms with Gasteiger partial charge in [-0.05, 0) is 67.7 Å². The Labute approximate surface area is 193 Å². The molecule has 0 bridgehead atoms. The normalized spacial score (nSPS) is 11.7. The zero-order valence-corrected chi connectivity index (χ0v) is 18.9. The van der Waals surface area contributed by atoms with Gasteiger partial charge < -0.3 is 4.98 Å². The van der Waals surface area contributed by atoms with Gasteiger partial charge in [-0.3, -0.25) is 19.1 Å². The first-order valence-electron chi connectivity index (χ1n) is 9.93. The highest BCUT2D eigenvalue weighted by atomic mass is 32.2. The van der Waals surface area contributed by atoms with Crippen LogP contribution in [-0.2, 0) is 10.0 Å². The highest BCUT2D eigenvalue weighted by Crippen LogP contribution is 2.19. The summed E-state index contributed by atoms with van der Waals surface area (Å²) in [4.78, 5) is 24.6. The summed E-state index contributed by atoms with van der Waals surface area (Å²) >= 11 is 5.37. The maximum absolute atomic E-state index is 13.1. The molecule has 0 aliphatic carbocycles. The molecule has 0 saturated heterocycles. The van der Waals surface area contributed by atoms with E-state index < -0.39 is 10.0 Å². The van der Waals surface area contributed by atoms with E-state index in [9.17, 15) is 13.2 Å². The van der Waals surface area contributed by atoms with Gasteiger partial charge in [0.2, 0.25) is 0 Å². The Morgan fingerprint density at radius 3 is 2.48 bits per heavy atom. The lowest BCUT2D eigenvalue weighted by molar-refractivity contribution is 0.601. The number of hydrogen-bond acceptors (Lipinski definition) is 6. The molecule has 0 radical (unpaired) electrons. The van der Waals surface area contributed by atoms with Gasteiger partial charge in [0.25, 0.3) is 15.6 Å². The summed E-state index contributed by atoms with van der Waals surface area (Å²) in [7, 11) is -3.92. The van der Waals surface area contributed by atoms with Crippen LogP contribution in [0.5, 0.6) is 0 Å². The van der Waals surface area contributed by atoms with Crippen molar-refractivity contribution in [1.82, 2.24) is 19.5 Å². The number of aromatic nitrogens is 4. The molecule has 0 fully saturated rings. The summed E-state index contributed by atoms with van der Waals surface area (Å²) in [5.41, 5.74) is 3.00. The zero-order chi connectivity index (χ0) is 23.2. The Balaban J connectivity index is 1.50. The maximum Gasteiger partial charge on any atom is 0.266 e. The molecule has 2 heterocycles. The average Bonchev–Trinajstić information content (AvgIpc) is 2.80. The fraction of sp³-hybridized carbons (Fsp3) is 0.0435. The molecule has 0 spiro atoms. The largest absolute Gasteiger partial charge is 0.331 e. The number of fused-ring (bicyclic) bond motifs is 2. The van der Waals surface area contributed by atoms with E-state index in [-0.39, 0.29) is 21.0 Å². The average molecular weight is 476 g/mol. The van der Waals surface area contributed by atoms with Crippen LogP contribution in [-0.4, -0.2) is 27.9 Å². The molecule has 33 heavy (non-hydrogen) atoms. The number of para-hydroxylation sites is 2. The molecule has 0 saturated carbocycles. The number of hydrogen-bond donors (Lipinski definition) is 2. The molecule has 164 valence electrons. The van der Waals surface area contributed by atoms with Crippen LogP contribution >= 0.6 is 12.2 Å². The highest BCUT2D eigenvalue weighted by molar-refractivity contribution is 7.92. The zero-order valence-electron chi connectivity index (χ0n) is 17.3. The smallest absolute Gasteiger partial charge is 0.266 e. The van der Waals surface area contributed by atoms with Gasteiger partial charge in [-0.2, -0.15) is 0 Å². The van der Waals surface area contributed by atoms with E-state index in [2.05, 4.69) is 19.7 Å². The van der Waals surface area contributed by atoms with Gasteiger partial charge in [-0.15, -0.1) is 0 Å². The number of nitrogens with one attached hydrogen (secondary N) is 2. The third-order valence-electron chi connectivity index (χ3n) is 5.15. The summed E-state index contributed by atoms with van der Waals surface area (Å²) in [6, 6.07) is 18.6. The Kier molecular flexibility index (Phi) is 5.03. The van der Waals surface area contributed by atoms with Gasteiger partial charge >= 0.3 is 0 Å². The minimum atomic E-state index is -3.92. The third-order valence-corrected chi connectivity index (χ3v) is 6.80. The molecule has 0 aliphatic rings. The van der Waals surface area contributed by atoms with Crippen LogP contribution in [0.2, 0.25) is 0 Å². The molecule has 3 aromatic carbocycles. The molecular weight excluding hydrogens is 458 g/mol. The van der Waals surface area contributed by atoms with Gasteiger partial charge in [0, 0.05) is 0 Å². The van der Waals surface area contributed by atoms with E-state index >= 15 is 0 Å². The molecular formula is C23H17N5O3S2. The molecule has 8 nitrogen and oxygen atoms in total. The lowest BCUT2D eigenvalue weighted by atomic mass is 10.1. The van der Waals surface area contributed by atoms with Crippen LogP contribution in [0.1, 0.15) is 5.56 Å². The molecule has 0 unspecified atom stereocenters. The van der Waals surface area contributed by atoms with Crippen molar-refractivity contribution in [1.29, 1.82) is 0 Å². The molecule has 0 atom stereocenters. The number of anilines is 1. The summed E-state index contributed by atoms with van der Waals surface area (Å²) in [5, 5.41) is 0.497. The van der Waals surface area contributed by atoms with Crippen LogP contribution in [0, 0.1) is 11.7 Å². The summed E-state index contributed by atoms with van der Waals surface area (Å²) < 4.78 is 29.7. The van der Waals surface area contributed by atoms with Crippen molar-refractivity contribution >= 4 is 50.0 Å². The quantitative estimate of drug-likeness (QED) is 0.379. The van der Waals surface area contributed by atoms with Gasteiger partial charge in [0.1, 0.15) is 0 Å². The SMILES string of the molecule is Cc1ccc2[nH]c(=S)n(-c3ccc(S(=O)(=O)Nc4cnc5ccccc5n4)cc3)c(=O)c2c1. The maximum atomic E-state index is 13.1. The van der Waals surface area contributed by atoms with Crippen LogP contribution < -0.4 is 10.3 Å². The number of sulfonamides is 1. The van der Waals surface area contributed by atoms with Crippen molar-refractivity contribution < 1.29 is 8.42 Å². The van der Waals surface area contributed by atoms with E-state index in [1.807, 2.05) is 25.1 Å². The molecule has 2 aromatic heterocycles. The standard InChI is InChI=1S/C23H17N5O3S2/c1-14-6-11-18-17(12-14)22(29)28(23(32)26-18)15-7-9-16(10-8-15)33(30,31)27-21-13-24-19-4-2-3-5-20(19)25-21/h2-13H,1H3,(H,25,27)(H,26,32). The summed E-state index contributed by atoms with van der Waals surface area (Å²) in [6.07, 6.45) is 1.37. The van der Waals surface area contributed by atoms with E-state index in [1.54, 1.807) is 24.3 Å². The first kappa shape index (κ1) is 21.0. The molecule has 5 aromatic rings. The van der Waals surface area contributed by atoms with Crippen molar-refractivity contribution in [3.63, 3.8) is 0 Å². The number of aromatic amines is 1. The van der Waals surface area contributed by atoms with Gasteiger partial charge in [0.05, 0.1) is 38.7 Å². The Morgan fingerprint density at radius 2 is 1.73 bits per heavy atom. The number of aryl methyl sites for hydroxylation is 1. The second kappa shape index (κ2) is 7.91. The van der Waals surface area contributed by atoms with Gasteiger partial charge in [0.15, 0.2) is 10.6 Å². The minimum absolute atomic E-state index is 0.0146. The molecule has 2 N–H and O–H groups in total. The first-order chi connectivity index (χ1) is 15.8. The fourth-order valence-corrected chi connectivity index (χ4v) is 4.82. The number of benzene rings is 3. The van der Waals surface area contributed by atoms with Crippen molar-refractivity contribution in [3.05, 3.63) is 93.6 Å². The van der Waals surface area contributed by atoms with Gasteiger partial charge in [-0.1, -0.05) is 23.8 Å². The topological polar surface area (TPSA) is 110 Å². The lowest BCUT2D eigenvalue weighted by Crippen LogP contribution is -2.21. The third kappa shape index (κ3) is 3.90. The number of H-pyrrole nitrogens is 1. The molecule has 0 amide bonds. The first-order valence-corrected chi connectivity index (χ1v) is 11.8. The van der Waals surface area contributed by atoms with E-state index in [4.69, 9.17) is 12.2 Å². The van der Waals surface area contributed by atoms with Crippen LogP contribution in [0.15, 0.2) is 82.6 Å². The number of nitrogens with zero attached hydrogens (tertiary/aromatic N) is 3. The van der Waals surface area contributed by atoms with E-state index in [1.165, 1.54) is 35.0 Å². The second-order valence-corrected chi connectivity index (χ2v) is 9.53. The molecule has 10 heteroatoms. The summed E-state index contributed by atoms with van der Waals surface area (Å²) in [5.74, 6) is 0.112. The van der Waals surface area contributed by atoms with Crippen LogP contribution in [0.3, 0.4) is 0 Å². The van der Waals surface area contributed by atoms with Crippen LogP contribution in [0.4, 0.5) is 5.82 Å². The van der Waals surface area contributed by atoms with Crippen molar-refractivity contribution in [2.45, 2.75) is 11.8 Å². The Hall–Kier alpha value is -3.89. The lowest BCUT2D eigenvalue weighted by Gasteiger charge is -2.11. The van der Waals surface area contributed by atoms with E-state index in [0.29, 0.717) is 27.6 Å². The van der Waals surface area contributed by atoms with Crippen molar-refractivity contribution in [2.75, 3.05) is 4.72 Å². The second-order valence-electron chi connectivity index (χ2n) is 7.46. The van der Waals surface area contributed by atoms with Gasteiger partial charge in [-0.25, -0.2) is 13.4 Å². The molecule has 5 rings (SSSR count). The fourth-order valence-electron chi connectivity index (χ4n) is 3.54. The highest BCUT2D eigenvalue weighted by Gasteiger charge is 2.16. The van der Waals surface area contributed by atoms with Crippen LogP contribution in [0.25, 0.3) is 27.6 Å². The summed E-state index contributed by atoms with van der Waals surface area (Å²) in [6.45, 7) is 1.90. The molecule has 0 aliphatic heterocycles. The Bertz CT molecular complexity index is 1760. The van der Waals surface area contributed by atoms with Crippen molar-refractivity contribution in [2.24, 2.45) is 0 Å².